The van der Waals surface area contributed by atoms with Crippen LogP contribution in [0.5, 0.6) is 0 Å². The Morgan fingerprint density at radius 2 is 2.11 bits per heavy atom. The summed E-state index contributed by atoms with van der Waals surface area (Å²) in [6.07, 6.45) is 1.40. The van der Waals surface area contributed by atoms with Gasteiger partial charge in [0.2, 0.25) is 0 Å². The van der Waals surface area contributed by atoms with Crippen molar-refractivity contribution in [1.29, 1.82) is 0 Å². The van der Waals surface area contributed by atoms with Crippen LogP contribution in [0.4, 0.5) is 5.69 Å². The number of hydrogen-bond donors (Lipinski definition) is 1. The lowest BCUT2D eigenvalue weighted by Crippen LogP contribution is -2.23. The smallest absolute Gasteiger partial charge is 0.341 e. The first kappa shape index (κ1) is 15.5. The van der Waals surface area contributed by atoms with Crippen LogP contribution in [0.15, 0.2) is 33.7 Å². The number of nitrogens with zero attached hydrogens (tertiary/aromatic N) is 3. The van der Waals surface area contributed by atoms with Crippen molar-refractivity contribution in [2.24, 2.45) is 0 Å². The predicted octanol–water partition coefficient (Wildman–Crippen LogP) is 1.63. The zero-order valence-corrected chi connectivity index (χ0v) is 12.3. The molecule has 0 saturated carbocycles. The lowest BCUT2D eigenvalue weighted by molar-refractivity contribution is -0.413. The summed E-state index contributed by atoms with van der Waals surface area (Å²) >= 11 is 3.13. The molecule has 0 unspecified atom stereocenters. The van der Waals surface area contributed by atoms with Crippen LogP contribution in [-0.2, 0) is 10.1 Å². The number of nitro groups is 1. The summed E-state index contributed by atoms with van der Waals surface area (Å²) < 4.78 is 31.5. The van der Waals surface area contributed by atoms with Gasteiger partial charge in [0.25, 0.3) is 0 Å². The maximum Gasteiger partial charge on any atom is 0.404 e. The molecule has 0 aliphatic heterocycles. The molecule has 0 amide bonds. The van der Waals surface area contributed by atoms with Gasteiger partial charge in [-0.25, -0.2) is 4.98 Å². The standard InChI is InChI=1S/C9H10BrN3O5S/c1-6(9(13(14)15)19(16,17)18)12(2)7-3-4-8(10)11-5-7/h3-5H,1-2H3,(H,16,17,18). The maximum atomic E-state index is 11.0. The second-order valence-corrected chi connectivity index (χ2v) is 5.67. The van der Waals surface area contributed by atoms with E-state index in [2.05, 4.69) is 20.9 Å². The van der Waals surface area contributed by atoms with E-state index in [1.54, 1.807) is 12.1 Å². The fourth-order valence-corrected chi connectivity index (χ4v) is 2.25. The molecule has 0 aliphatic carbocycles. The molecule has 0 bridgehead atoms. The number of rotatable bonds is 4. The van der Waals surface area contributed by atoms with Crippen molar-refractivity contribution in [2.75, 3.05) is 11.9 Å². The number of pyridine rings is 1. The van der Waals surface area contributed by atoms with Gasteiger partial charge >= 0.3 is 15.1 Å². The first-order chi connectivity index (χ1) is 8.64. The highest BCUT2D eigenvalue weighted by Gasteiger charge is 2.32. The minimum absolute atomic E-state index is 0.225. The van der Waals surface area contributed by atoms with Gasteiger partial charge in [0.15, 0.2) is 0 Å². The summed E-state index contributed by atoms with van der Waals surface area (Å²) in [5, 5.41) is 9.47. The molecule has 1 aromatic rings. The van der Waals surface area contributed by atoms with Crippen LogP contribution in [0.1, 0.15) is 6.92 Å². The van der Waals surface area contributed by atoms with Crippen molar-refractivity contribution < 1.29 is 17.9 Å². The zero-order valence-electron chi connectivity index (χ0n) is 9.94. The highest BCUT2D eigenvalue weighted by atomic mass is 79.9. The van der Waals surface area contributed by atoms with Gasteiger partial charge in [-0.3, -0.25) is 14.7 Å². The summed E-state index contributed by atoms with van der Waals surface area (Å²) in [4.78, 5) is 14.8. The Labute approximate surface area is 117 Å². The van der Waals surface area contributed by atoms with Gasteiger partial charge < -0.3 is 4.90 Å². The van der Waals surface area contributed by atoms with Gasteiger partial charge in [-0.05, 0) is 35.0 Å². The summed E-state index contributed by atoms with van der Waals surface area (Å²) in [5.74, 6) is 0. The molecule has 8 nitrogen and oxygen atoms in total. The molecular weight excluding hydrogens is 342 g/mol. The van der Waals surface area contributed by atoms with Crippen LogP contribution < -0.4 is 4.90 Å². The highest BCUT2D eigenvalue weighted by molar-refractivity contribution is 9.10. The first-order valence-corrected chi connectivity index (χ1v) is 7.06. The van der Waals surface area contributed by atoms with Crippen LogP contribution in [0.3, 0.4) is 0 Å². The molecule has 19 heavy (non-hydrogen) atoms. The molecule has 0 radical (unpaired) electrons. The molecule has 0 aromatic carbocycles. The van der Waals surface area contributed by atoms with E-state index in [0.29, 0.717) is 10.3 Å². The van der Waals surface area contributed by atoms with Crippen molar-refractivity contribution in [2.45, 2.75) is 6.92 Å². The molecule has 0 saturated heterocycles. The quantitative estimate of drug-likeness (QED) is 0.379. The molecule has 104 valence electrons. The van der Waals surface area contributed by atoms with E-state index < -0.39 is 20.1 Å². The Kier molecular flexibility index (Phi) is 4.61. The number of allylic oxidation sites excluding steroid dienone is 1. The fraction of sp³-hybridized carbons (Fsp3) is 0.222. The number of anilines is 1. The van der Waals surface area contributed by atoms with Crippen LogP contribution >= 0.6 is 15.9 Å². The van der Waals surface area contributed by atoms with E-state index >= 15 is 0 Å². The summed E-state index contributed by atoms with van der Waals surface area (Å²) in [5.41, 5.74) is 0.209. The van der Waals surface area contributed by atoms with Crippen molar-refractivity contribution in [3.8, 4) is 0 Å². The third-order valence-electron chi connectivity index (χ3n) is 2.32. The van der Waals surface area contributed by atoms with Gasteiger partial charge in [-0.2, -0.15) is 8.42 Å². The summed E-state index contributed by atoms with van der Waals surface area (Å²) in [6.45, 7) is 1.22. The normalized spacial score (nSPS) is 12.8. The highest BCUT2D eigenvalue weighted by Crippen LogP contribution is 2.22. The second-order valence-electron chi connectivity index (χ2n) is 3.52. The zero-order chi connectivity index (χ0) is 14.8. The van der Waals surface area contributed by atoms with Crippen LogP contribution in [-0.4, -0.2) is 29.9 Å². The van der Waals surface area contributed by atoms with E-state index in [1.807, 2.05) is 0 Å². The average Bonchev–Trinajstić information content (AvgIpc) is 2.26. The molecule has 0 fully saturated rings. The Morgan fingerprint density at radius 1 is 1.53 bits per heavy atom. The van der Waals surface area contributed by atoms with Gasteiger partial charge in [-0.1, -0.05) is 0 Å². The molecule has 1 aromatic heterocycles. The Hall–Kier alpha value is -1.52. The minimum Gasteiger partial charge on any atom is -0.341 e. The molecule has 0 atom stereocenters. The fourth-order valence-electron chi connectivity index (χ4n) is 1.32. The monoisotopic (exact) mass is 351 g/mol. The predicted molar refractivity (Wildman–Crippen MR) is 71.6 cm³/mol. The molecule has 10 heteroatoms. The van der Waals surface area contributed by atoms with E-state index in [4.69, 9.17) is 4.55 Å². The van der Waals surface area contributed by atoms with Crippen LogP contribution in [0.25, 0.3) is 0 Å². The van der Waals surface area contributed by atoms with Crippen molar-refractivity contribution in [1.82, 2.24) is 4.98 Å². The first-order valence-electron chi connectivity index (χ1n) is 4.82. The third kappa shape index (κ3) is 3.72. The lowest BCUT2D eigenvalue weighted by Gasteiger charge is -2.18. The number of aromatic nitrogens is 1. The van der Waals surface area contributed by atoms with Gasteiger partial charge in [0.1, 0.15) is 10.3 Å². The van der Waals surface area contributed by atoms with E-state index in [0.717, 1.165) is 0 Å². The van der Waals surface area contributed by atoms with E-state index in [9.17, 15) is 18.5 Å². The largest absolute Gasteiger partial charge is 0.404 e. The van der Waals surface area contributed by atoms with Crippen molar-refractivity contribution >= 4 is 31.7 Å². The summed E-state index contributed by atoms with van der Waals surface area (Å²) in [7, 11) is -3.49. The van der Waals surface area contributed by atoms with Crippen molar-refractivity contribution in [3.05, 3.63) is 43.8 Å². The van der Waals surface area contributed by atoms with Crippen LogP contribution in [0.2, 0.25) is 0 Å². The summed E-state index contributed by atoms with van der Waals surface area (Å²) in [6, 6.07) is 3.18. The molecule has 0 spiro atoms. The van der Waals surface area contributed by atoms with E-state index in [-0.39, 0.29) is 5.70 Å². The lowest BCUT2D eigenvalue weighted by atomic mass is 10.3. The Balaban J connectivity index is 3.33. The van der Waals surface area contributed by atoms with Crippen molar-refractivity contribution in [3.63, 3.8) is 0 Å². The Morgan fingerprint density at radius 3 is 2.47 bits per heavy atom. The average molecular weight is 352 g/mol. The second kappa shape index (κ2) is 5.63. The van der Waals surface area contributed by atoms with Crippen LogP contribution in [0, 0.1) is 10.1 Å². The number of halogens is 1. The SMILES string of the molecule is CC(=C([N+](=O)[O-])S(=O)(=O)O)N(C)c1ccc(Br)nc1. The minimum atomic E-state index is -4.92. The maximum absolute atomic E-state index is 11.0. The topological polar surface area (TPSA) is 114 Å². The molecular formula is C9H10BrN3O5S. The van der Waals surface area contributed by atoms with Gasteiger partial charge in [0.05, 0.1) is 16.8 Å². The molecule has 1 rings (SSSR count). The molecule has 0 aliphatic rings. The number of hydrogen-bond acceptors (Lipinski definition) is 6. The molecule has 1 N–H and O–H groups in total. The van der Waals surface area contributed by atoms with Gasteiger partial charge in [-0.15, -0.1) is 0 Å². The molecule has 1 heterocycles. The van der Waals surface area contributed by atoms with Gasteiger partial charge in [0, 0.05) is 7.05 Å². The van der Waals surface area contributed by atoms with E-state index in [1.165, 1.54) is 25.1 Å². The third-order valence-corrected chi connectivity index (χ3v) is 3.72. The Bertz CT molecular complexity index is 626.